The number of rotatable bonds is 9. The molecule has 31 heavy (non-hydrogen) atoms. The van der Waals surface area contributed by atoms with Gasteiger partial charge in [0.05, 0.1) is 19.9 Å². The summed E-state index contributed by atoms with van der Waals surface area (Å²) in [5.74, 6) is 0.517. The van der Waals surface area contributed by atoms with Crippen molar-refractivity contribution in [1.29, 1.82) is 0 Å². The second-order valence-corrected chi connectivity index (χ2v) is 6.72. The van der Waals surface area contributed by atoms with E-state index in [0.717, 1.165) is 11.1 Å². The van der Waals surface area contributed by atoms with Gasteiger partial charge in [0, 0.05) is 29.5 Å². The molecule has 0 fully saturated rings. The fourth-order valence-electron chi connectivity index (χ4n) is 3.04. The molecular formula is C25H24N2O4. The van der Waals surface area contributed by atoms with E-state index in [9.17, 15) is 9.59 Å². The normalized spacial score (nSPS) is 10.1. The molecular weight excluding hydrogens is 392 g/mol. The number of carbonyl (C=O) groups excluding carboxylic acids is 2. The van der Waals surface area contributed by atoms with Crippen molar-refractivity contribution in [1.82, 2.24) is 5.43 Å². The van der Waals surface area contributed by atoms with Gasteiger partial charge in [0.2, 0.25) is 5.91 Å². The fraction of sp³-hybridized carbons (Fsp3) is 0.160. The minimum absolute atomic E-state index is 0.0214. The van der Waals surface area contributed by atoms with Crippen LogP contribution in [-0.2, 0) is 4.79 Å². The van der Waals surface area contributed by atoms with Crippen LogP contribution >= 0.6 is 0 Å². The molecule has 1 N–H and O–H groups in total. The second kappa shape index (κ2) is 10.7. The van der Waals surface area contributed by atoms with Gasteiger partial charge in [-0.2, -0.15) is 5.10 Å². The fourth-order valence-corrected chi connectivity index (χ4v) is 3.04. The molecule has 0 radical (unpaired) electrons. The van der Waals surface area contributed by atoms with Crippen LogP contribution in [0.1, 0.15) is 34.3 Å². The molecule has 1 amide bonds. The molecule has 0 saturated heterocycles. The Kier molecular flexibility index (Phi) is 7.54. The van der Waals surface area contributed by atoms with Crippen molar-refractivity contribution in [3.63, 3.8) is 0 Å². The Morgan fingerprint density at radius 3 is 1.87 bits per heavy atom. The number of carbonyl (C=O) groups is 2. The van der Waals surface area contributed by atoms with E-state index < -0.39 is 0 Å². The van der Waals surface area contributed by atoms with Gasteiger partial charge in [0.1, 0.15) is 0 Å². The molecule has 0 spiro atoms. The molecule has 6 nitrogen and oxygen atoms in total. The lowest BCUT2D eigenvalue weighted by molar-refractivity contribution is -0.121. The Morgan fingerprint density at radius 1 is 0.742 bits per heavy atom. The largest absolute Gasteiger partial charge is 0.493 e. The molecule has 0 atom stereocenters. The highest BCUT2D eigenvalue weighted by molar-refractivity contribution is 6.13. The standard InChI is InChI=1S/C25H24N2O4/c1-30-22-15-13-20(17-23(22)31-2)21(28)14-16-24(29)26-27-25(18-9-5-3-6-10-18)19-11-7-4-8-12-19/h3-13,15,17H,14,16H2,1-2H3,(H,26,29). The highest BCUT2D eigenvalue weighted by atomic mass is 16.5. The number of nitrogens with one attached hydrogen (secondary N) is 1. The monoisotopic (exact) mass is 416 g/mol. The lowest BCUT2D eigenvalue weighted by atomic mass is 10.0. The molecule has 0 aliphatic carbocycles. The molecule has 0 aliphatic rings. The number of Topliss-reactive ketones (excluding diaryl/α,β-unsaturated/α-hetero) is 1. The van der Waals surface area contributed by atoms with Crippen LogP contribution in [0.2, 0.25) is 0 Å². The summed E-state index contributed by atoms with van der Waals surface area (Å²) >= 11 is 0. The van der Waals surface area contributed by atoms with Crippen molar-refractivity contribution in [2.75, 3.05) is 14.2 Å². The summed E-state index contributed by atoms with van der Waals surface area (Å²) in [5, 5.41) is 4.33. The molecule has 3 aromatic carbocycles. The maximum atomic E-state index is 12.5. The molecule has 0 saturated carbocycles. The molecule has 158 valence electrons. The van der Waals surface area contributed by atoms with Crippen molar-refractivity contribution in [2.45, 2.75) is 12.8 Å². The minimum atomic E-state index is -0.335. The zero-order valence-corrected chi connectivity index (χ0v) is 17.5. The third kappa shape index (κ3) is 5.79. The van der Waals surface area contributed by atoms with Crippen molar-refractivity contribution in [2.24, 2.45) is 5.10 Å². The Morgan fingerprint density at radius 2 is 1.32 bits per heavy atom. The number of benzene rings is 3. The van der Waals surface area contributed by atoms with E-state index in [1.165, 1.54) is 14.2 Å². The van der Waals surface area contributed by atoms with Gasteiger partial charge in [0.15, 0.2) is 17.3 Å². The number of methoxy groups -OCH3 is 2. The third-order valence-electron chi connectivity index (χ3n) is 4.67. The van der Waals surface area contributed by atoms with Gasteiger partial charge in [-0.3, -0.25) is 9.59 Å². The summed E-state index contributed by atoms with van der Waals surface area (Å²) in [6, 6.07) is 24.2. The summed E-state index contributed by atoms with van der Waals surface area (Å²) in [7, 11) is 3.04. The topological polar surface area (TPSA) is 77.0 Å². The molecule has 3 rings (SSSR count). The van der Waals surface area contributed by atoms with E-state index in [0.29, 0.717) is 22.8 Å². The summed E-state index contributed by atoms with van der Waals surface area (Å²) in [6.45, 7) is 0. The van der Waals surface area contributed by atoms with Gasteiger partial charge in [-0.15, -0.1) is 0 Å². The first-order valence-corrected chi connectivity index (χ1v) is 9.85. The summed E-state index contributed by atoms with van der Waals surface area (Å²) in [4.78, 5) is 24.8. The molecule has 0 heterocycles. The number of nitrogens with zero attached hydrogens (tertiary/aromatic N) is 1. The van der Waals surface area contributed by atoms with Gasteiger partial charge < -0.3 is 9.47 Å². The first-order chi connectivity index (χ1) is 15.1. The first-order valence-electron chi connectivity index (χ1n) is 9.85. The predicted molar refractivity (Wildman–Crippen MR) is 120 cm³/mol. The maximum Gasteiger partial charge on any atom is 0.240 e. The zero-order chi connectivity index (χ0) is 22.1. The Hall–Kier alpha value is -3.93. The highest BCUT2D eigenvalue weighted by Gasteiger charge is 2.13. The van der Waals surface area contributed by atoms with Crippen molar-refractivity contribution < 1.29 is 19.1 Å². The first kappa shape index (κ1) is 21.8. The Labute approximate surface area is 181 Å². The Bertz CT molecular complexity index is 1020. The molecule has 6 heteroatoms. The number of amides is 1. The van der Waals surface area contributed by atoms with Crippen LogP contribution in [0.4, 0.5) is 0 Å². The molecule has 0 aromatic heterocycles. The van der Waals surface area contributed by atoms with E-state index in [4.69, 9.17) is 9.47 Å². The van der Waals surface area contributed by atoms with Gasteiger partial charge in [0.25, 0.3) is 0 Å². The summed E-state index contributed by atoms with van der Waals surface area (Å²) < 4.78 is 10.4. The number of hydrogen-bond donors (Lipinski definition) is 1. The van der Waals surface area contributed by atoms with Crippen LogP contribution in [0.25, 0.3) is 0 Å². The van der Waals surface area contributed by atoms with Crippen LogP contribution in [0, 0.1) is 0 Å². The summed E-state index contributed by atoms with van der Waals surface area (Å²) in [5.41, 5.74) is 5.46. The number of hydrazone groups is 1. The van der Waals surface area contributed by atoms with E-state index in [-0.39, 0.29) is 24.5 Å². The minimum Gasteiger partial charge on any atom is -0.493 e. The lowest BCUT2D eigenvalue weighted by Crippen LogP contribution is -2.21. The van der Waals surface area contributed by atoms with Crippen LogP contribution in [0.5, 0.6) is 11.5 Å². The Balaban J connectivity index is 1.66. The molecule has 0 unspecified atom stereocenters. The van der Waals surface area contributed by atoms with Crippen LogP contribution < -0.4 is 14.9 Å². The van der Waals surface area contributed by atoms with E-state index in [2.05, 4.69) is 10.5 Å². The van der Waals surface area contributed by atoms with Crippen LogP contribution in [0.15, 0.2) is 84.0 Å². The van der Waals surface area contributed by atoms with Crippen molar-refractivity contribution in [3.05, 3.63) is 95.6 Å². The van der Waals surface area contributed by atoms with E-state index in [1.807, 2.05) is 60.7 Å². The molecule has 3 aromatic rings. The zero-order valence-electron chi connectivity index (χ0n) is 17.5. The molecule has 0 aliphatic heterocycles. The average molecular weight is 416 g/mol. The number of ether oxygens (including phenoxy) is 2. The van der Waals surface area contributed by atoms with E-state index in [1.54, 1.807) is 18.2 Å². The number of ketones is 1. The van der Waals surface area contributed by atoms with Gasteiger partial charge >= 0.3 is 0 Å². The van der Waals surface area contributed by atoms with Crippen molar-refractivity contribution >= 4 is 17.4 Å². The molecule has 0 bridgehead atoms. The van der Waals surface area contributed by atoms with E-state index >= 15 is 0 Å². The average Bonchev–Trinajstić information content (AvgIpc) is 2.83. The quantitative estimate of drug-likeness (QED) is 0.322. The lowest BCUT2D eigenvalue weighted by Gasteiger charge is -2.09. The number of hydrogen-bond acceptors (Lipinski definition) is 5. The third-order valence-corrected chi connectivity index (χ3v) is 4.67. The predicted octanol–water partition coefficient (Wildman–Crippen LogP) is 4.24. The van der Waals surface area contributed by atoms with Crippen LogP contribution in [-0.4, -0.2) is 31.6 Å². The SMILES string of the molecule is COc1ccc(C(=O)CCC(=O)NN=C(c2ccccc2)c2ccccc2)cc1OC. The summed E-state index contributed by atoms with van der Waals surface area (Å²) in [6.07, 6.45) is 0.0797. The second-order valence-electron chi connectivity index (χ2n) is 6.72. The maximum absolute atomic E-state index is 12.5. The van der Waals surface area contributed by atoms with Gasteiger partial charge in [-0.05, 0) is 18.2 Å². The van der Waals surface area contributed by atoms with Gasteiger partial charge in [-0.25, -0.2) is 5.43 Å². The van der Waals surface area contributed by atoms with Crippen LogP contribution in [0.3, 0.4) is 0 Å². The van der Waals surface area contributed by atoms with Crippen molar-refractivity contribution in [3.8, 4) is 11.5 Å². The van der Waals surface area contributed by atoms with Gasteiger partial charge in [-0.1, -0.05) is 60.7 Å². The highest BCUT2D eigenvalue weighted by Crippen LogP contribution is 2.28. The smallest absolute Gasteiger partial charge is 0.240 e.